The normalized spacial score (nSPS) is 24.3. The van der Waals surface area contributed by atoms with E-state index in [1.165, 1.54) is 17.7 Å². The molecule has 2 aromatic rings. The number of hydrogen-bond acceptors (Lipinski definition) is 9. The quantitative estimate of drug-likeness (QED) is 0.620. The molecule has 2 N–H and O–H groups in total. The first-order chi connectivity index (χ1) is 14.8. The third-order valence-corrected chi connectivity index (χ3v) is 5.42. The number of hydrogen-bond donors (Lipinski definition) is 1. The van der Waals surface area contributed by atoms with Gasteiger partial charge in [-0.1, -0.05) is 0 Å². The van der Waals surface area contributed by atoms with Gasteiger partial charge in [-0.05, 0) is 18.8 Å². The highest BCUT2D eigenvalue weighted by atomic mass is 19.1. The fourth-order valence-corrected chi connectivity index (χ4v) is 3.91. The maximum atomic E-state index is 13.6. The lowest BCUT2D eigenvalue weighted by molar-refractivity contribution is -0.159. The van der Waals surface area contributed by atoms with Gasteiger partial charge in [0.1, 0.15) is 24.4 Å². The topological polar surface area (TPSA) is 141 Å². The molecule has 0 bridgehead atoms. The summed E-state index contributed by atoms with van der Waals surface area (Å²) in [5.74, 6) is -0.912. The van der Waals surface area contributed by atoms with Crippen LogP contribution in [0.25, 0.3) is 11.2 Å². The van der Waals surface area contributed by atoms with Gasteiger partial charge in [0.05, 0.1) is 6.20 Å². The number of aromatic nitrogens is 4. The Bertz CT molecular complexity index is 1060. The molecule has 2 aliphatic rings. The molecular formula is C19H24FN5O6. The van der Waals surface area contributed by atoms with Gasteiger partial charge >= 0.3 is 17.6 Å². The molecule has 2 fully saturated rings. The molecule has 1 saturated heterocycles. The van der Waals surface area contributed by atoms with Crippen molar-refractivity contribution in [3.8, 4) is 0 Å². The fourth-order valence-electron chi connectivity index (χ4n) is 3.91. The molecule has 0 aromatic carbocycles. The highest BCUT2D eigenvalue weighted by Crippen LogP contribution is 2.36. The van der Waals surface area contributed by atoms with Crippen LogP contribution in [0.2, 0.25) is 0 Å². The Morgan fingerprint density at radius 1 is 1.35 bits per heavy atom. The lowest BCUT2D eigenvalue weighted by atomic mass is 10.1. The molecule has 4 rings (SSSR count). The zero-order valence-corrected chi connectivity index (χ0v) is 17.2. The third kappa shape index (κ3) is 4.24. The number of anilines is 1. The van der Waals surface area contributed by atoms with Gasteiger partial charge in [0.2, 0.25) is 5.95 Å². The van der Waals surface area contributed by atoms with E-state index < -0.39 is 48.8 Å². The van der Waals surface area contributed by atoms with Gasteiger partial charge < -0.3 is 19.9 Å². The number of nitrogens with zero attached hydrogens (tertiary/aromatic N) is 4. The smallest absolute Gasteiger partial charge is 0.332 e. The first-order valence-electron chi connectivity index (χ1n) is 10.1. The Morgan fingerprint density at radius 3 is 2.71 bits per heavy atom. The van der Waals surface area contributed by atoms with E-state index in [0.717, 1.165) is 19.8 Å². The van der Waals surface area contributed by atoms with E-state index in [2.05, 4.69) is 9.97 Å². The number of fused-ring (bicyclic) bond motifs is 1. The van der Waals surface area contributed by atoms with E-state index in [0.29, 0.717) is 18.0 Å². The summed E-state index contributed by atoms with van der Waals surface area (Å²) in [6.45, 7) is 1.89. The van der Waals surface area contributed by atoms with Crippen LogP contribution in [0.4, 0.5) is 10.3 Å². The Morgan fingerprint density at radius 2 is 2.10 bits per heavy atom. The van der Waals surface area contributed by atoms with Crippen molar-refractivity contribution in [3.05, 3.63) is 16.7 Å². The van der Waals surface area contributed by atoms with Crippen LogP contribution in [0.3, 0.4) is 0 Å². The van der Waals surface area contributed by atoms with Crippen molar-refractivity contribution in [1.82, 2.24) is 19.1 Å². The van der Waals surface area contributed by atoms with E-state index in [9.17, 15) is 18.8 Å². The molecule has 11 nitrogen and oxygen atoms in total. The summed E-state index contributed by atoms with van der Waals surface area (Å²) in [6, 6.07) is 0. The van der Waals surface area contributed by atoms with Crippen LogP contribution in [-0.2, 0) is 30.3 Å². The van der Waals surface area contributed by atoms with Gasteiger partial charge in [0.15, 0.2) is 18.0 Å². The summed E-state index contributed by atoms with van der Waals surface area (Å²) >= 11 is 0. The minimum atomic E-state index is -1.20. The standard InChI is InChI=1S/C19H24FN5O6/c1-9(26)29-14-5-13(15(6-20)30-10(2)27)31-17(14)25-16-12(7-22-18(21)23-16)24(19(25)28)8-11-3-4-11/h7,11,13-15,17H,3-6,8H2,1-2H3,(H2,21,22,23)/t13-,14+,15?,17+/m0/s1. The summed E-state index contributed by atoms with van der Waals surface area (Å²) < 4.78 is 32.7. The minimum Gasteiger partial charge on any atom is -0.458 e. The van der Waals surface area contributed by atoms with Crippen LogP contribution in [0, 0.1) is 5.92 Å². The zero-order chi connectivity index (χ0) is 22.3. The summed E-state index contributed by atoms with van der Waals surface area (Å²) in [5, 5.41) is 0. The Hall–Kier alpha value is -3.02. The van der Waals surface area contributed by atoms with Gasteiger partial charge in [-0.15, -0.1) is 0 Å². The predicted molar refractivity (Wildman–Crippen MR) is 105 cm³/mol. The summed E-state index contributed by atoms with van der Waals surface area (Å²) in [7, 11) is 0. The van der Waals surface area contributed by atoms with Crippen LogP contribution >= 0.6 is 0 Å². The number of imidazole rings is 1. The largest absolute Gasteiger partial charge is 0.458 e. The molecule has 1 unspecified atom stereocenters. The maximum absolute atomic E-state index is 13.6. The van der Waals surface area contributed by atoms with Crippen molar-refractivity contribution >= 4 is 29.1 Å². The van der Waals surface area contributed by atoms with Gasteiger partial charge in [-0.3, -0.25) is 14.2 Å². The van der Waals surface area contributed by atoms with Gasteiger partial charge in [0.25, 0.3) is 0 Å². The first-order valence-corrected chi connectivity index (χ1v) is 10.1. The summed E-state index contributed by atoms with van der Waals surface area (Å²) in [5.41, 5.74) is 6.03. The molecule has 1 aliphatic heterocycles. The molecule has 168 valence electrons. The SMILES string of the molecule is CC(=O)OC(CF)[C@@H]1C[C@@H](OC(C)=O)[C@H](n2c(=O)n(CC3CC3)c3cnc(N)nc32)O1. The van der Waals surface area contributed by atoms with Gasteiger partial charge in [-0.2, -0.15) is 4.98 Å². The number of carbonyl (C=O) groups excluding carboxylic acids is 2. The number of nitrogen functional groups attached to an aromatic ring is 1. The molecule has 0 amide bonds. The number of esters is 2. The van der Waals surface area contributed by atoms with Gasteiger partial charge in [-0.25, -0.2) is 18.7 Å². The lowest BCUT2D eigenvalue weighted by Gasteiger charge is -2.21. The summed E-state index contributed by atoms with van der Waals surface area (Å²) in [6.07, 6.45) is -0.583. The Labute approximate surface area is 176 Å². The van der Waals surface area contributed by atoms with Crippen molar-refractivity contribution < 1.29 is 28.2 Å². The second kappa shape index (κ2) is 8.25. The third-order valence-electron chi connectivity index (χ3n) is 5.42. The second-order valence-corrected chi connectivity index (χ2v) is 7.89. The molecule has 0 radical (unpaired) electrons. The monoisotopic (exact) mass is 437 g/mol. The van der Waals surface area contributed by atoms with Crippen molar-refractivity contribution in [1.29, 1.82) is 0 Å². The minimum absolute atomic E-state index is 0.0361. The van der Waals surface area contributed by atoms with E-state index in [-0.39, 0.29) is 18.0 Å². The van der Waals surface area contributed by atoms with Crippen molar-refractivity contribution in [3.63, 3.8) is 0 Å². The van der Waals surface area contributed by atoms with Crippen LogP contribution in [0.5, 0.6) is 0 Å². The predicted octanol–water partition coefficient (Wildman–Crippen LogP) is 0.706. The summed E-state index contributed by atoms with van der Waals surface area (Å²) in [4.78, 5) is 44.6. The number of rotatable bonds is 7. The Balaban J connectivity index is 1.77. The van der Waals surface area contributed by atoms with Crippen LogP contribution in [0.15, 0.2) is 11.0 Å². The van der Waals surface area contributed by atoms with E-state index >= 15 is 0 Å². The number of ether oxygens (including phenoxy) is 3. The molecule has 31 heavy (non-hydrogen) atoms. The molecule has 0 spiro atoms. The highest BCUT2D eigenvalue weighted by molar-refractivity contribution is 5.72. The first kappa shape index (κ1) is 21.2. The van der Waals surface area contributed by atoms with E-state index in [4.69, 9.17) is 19.9 Å². The van der Waals surface area contributed by atoms with E-state index in [1.54, 1.807) is 4.57 Å². The maximum Gasteiger partial charge on any atom is 0.332 e. The lowest BCUT2D eigenvalue weighted by Crippen LogP contribution is -2.34. The van der Waals surface area contributed by atoms with Crippen molar-refractivity contribution in [2.45, 2.75) is 64.2 Å². The van der Waals surface area contributed by atoms with Crippen molar-refractivity contribution in [2.24, 2.45) is 5.92 Å². The molecule has 2 aromatic heterocycles. The average Bonchev–Trinajstić information content (AvgIpc) is 3.38. The van der Waals surface area contributed by atoms with E-state index in [1.807, 2.05) is 0 Å². The molecular weight excluding hydrogens is 413 g/mol. The molecule has 1 aliphatic carbocycles. The fraction of sp³-hybridized carbons (Fsp3) is 0.632. The molecule has 1 saturated carbocycles. The van der Waals surface area contributed by atoms with Crippen molar-refractivity contribution in [2.75, 3.05) is 12.4 Å². The molecule has 12 heteroatoms. The van der Waals surface area contributed by atoms with Crippen LogP contribution in [-0.4, -0.2) is 56.0 Å². The van der Waals surface area contributed by atoms with Crippen LogP contribution in [0.1, 0.15) is 39.3 Å². The zero-order valence-electron chi connectivity index (χ0n) is 17.2. The van der Waals surface area contributed by atoms with Gasteiger partial charge in [0, 0.05) is 26.8 Å². The highest BCUT2D eigenvalue weighted by Gasteiger charge is 2.45. The second-order valence-electron chi connectivity index (χ2n) is 7.89. The number of alkyl halides is 1. The average molecular weight is 437 g/mol. The number of carbonyl (C=O) groups is 2. The molecule has 4 atom stereocenters. The Kier molecular flexibility index (Phi) is 5.65. The number of nitrogens with two attached hydrogens (primary N) is 1. The molecule has 3 heterocycles. The van der Waals surface area contributed by atoms with Crippen LogP contribution < -0.4 is 11.4 Å². The number of halogens is 1.